The van der Waals surface area contributed by atoms with Gasteiger partial charge in [-0.1, -0.05) is 6.07 Å². The number of methoxy groups -OCH3 is 4. The van der Waals surface area contributed by atoms with E-state index in [9.17, 15) is 14.4 Å². The average molecular weight is 403 g/mol. The minimum Gasteiger partial charge on any atom is -0.493 e. The third-order valence-corrected chi connectivity index (χ3v) is 3.79. The molecule has 2 aromatic carbocycles. The highest BCUT2D eigenvalue weighted by molar-refractivity contribution is 5.99. The molecule has 154 valence electrons. The molecule has 0 aromatic heterocycles. The first-order valence-corrected chi connectivity index (χ1v) is 8.38. The Morgan fingerprint density at radius 2 is 1.34 bits per heavy atom. The number of ether oxygens (including phenoxy) is 5. The van der Waals surface area contributed by atoms with Crippen molar-refractivity contribution in [1.82, 2.24) is 0 Å². The maximum atomic E-state index is 12.3. The van der Waals surface area contributed by atoms with E-state index in [1.165, 1.54) is 46.6 Å². The Morgan fingerprint density at radius 3 is 1.79 bits per heavy atom. The molecule has 0 aliphatic heterocycles. The molecule has 1 N–H and O–H groups in total. The van der Waals surface area contributed by atoms with E-state index in [4.69, 9.17) is 14.2 Å². The minimum absolute atomic E-state index is 0.0815. The van der Waals surface area contributed by atoms with Crippen LogP contribution in [0.1, 0.15) is 20.7 Å². The summed E-state index contributed by atoms with van der Waals surface area (Å²) in [5.74, 6) is -0.792. The number of carbonyl (C=O) groups is 3. The standard InChI is InChI=1S/C20H21NO8/c1-25-15-6-5-7-16(26-2)18(15)29-11-17(22)21-14-9-12(19(23)27-3)8-13(10-14)20(24)28-4/h5-10H,11H2,1-4H3,(H,21,22). The highest BCUT2D eigenvalue weighted by Gasteiger charge is 2.16. The number of carbonyl (C=O) groups excluding carboxylic acids is 3. The van der Waals surface area contributed by atoms with E-state index >= 15 is 0 Å². The van der Waals surface area contributed by atoms with Gasteiger partial charge in [0.1, 0.15) is 0 Å². The summed E-state index contributed by atoms with van der Waals surface area (Å²) in [5.41, 5.74) is 0.366. The first-order valence-electron chi connectivity index (χ1n) is 8.38. The Labute approximate surface area is 167 Å². The van der Waals surface area contributed by atoms with E-state index in [0.717, 1.165) is 0 Å². The Kier molecular flexibility index (Phi) is 7.41. The van der Waals surface area contributed by atoms with Gasteiger partial charge in [0.25, 0.3) is 5.91 Å². The molecule has 0 bridgehead atoms. The minimum atomic E-state index is -0.665. The number of anilines is 1. The fourth-order valence-electron chi connectivity index (χ4n) is 2.47. The second-order valence-electron chi connectivity index (χ2n) is 5.61. The lowest BCUT2D eigenvalue weighted by molar-refractivity contribution is -0.118. The van der Waals surface area contributed by atoms with Gasteiger partial charge in [0.05, 0.1) is 39.6 Å². The summed E-state index contributed by atoms with van der Waals surface area (Å²) >= 11 is 0. The van der Waals surface area contributed by atoms with Crippen LogP contribution in [0.25, 0.3) is 0 Å². The maximum absolute atomic E-state index is 12.3. The molecule has 1 amide bonds. The van der Waals surface area contributed by atoms with Gasteiger partial charge in [-0.25, -0.2) is 9.59 Å². The molecule has 0 heterocycles. The first kappa shape index (κ1) is 21.5. The van der Waals surface area contributed by atoms with E-state index in [1.54, 1.807) is 18.2 Å². The second kappa shape index (κ2) is 9.98. The molecule has 0 aliphatic rings. The number of hydrogen-bond acceptors (Lipinski definition) is 8. The summed E-state index contributed by atoms with van der Waals surface area (Å²) in [4.78, 5) is 36.0. The van der Waals surface area contributed by atoms with Crippen LogP contribution in [0.3, 0.4) is 0 Å². The van der Waals surface area contributed by atoms with Crippen molar-refractivity contribution in [2.75, 3.05) is 40.4 Å². The van der Waals surface area contributed by atoms with Crippen LogP contribution in [0.5, 0.6) is 17.2 Å². The van der Waals surface area contributed by atoms with E-state index in [1.807, 2.05) is 0 Å². The van der Waals surface area contributed by atoms with E-state index < -0.39 is 17.8 Å². The molecule has 29 heavy (non-hydrogen) atoms. The van der Waals surface area contributed by atoms with Crippen molar-refractivity contribution < 1.29 is 38.1 Å². The smallest absolute Gasteiger partial charge is 0.337 e. The van der Waals surface area contributed by atoms with Gasteiger partial charge in [-0.3, -0.25) is 4.79 Å². The van der Waals surface area contributed by atoms with E-state index in [0.29, 0.717) is 11.5 Å². The average Bonchev–Trinajstić information content (AvgIpc) is 2.75. The van der Waals surface area contributed by atoms with Crippen molar-refractivity contribution >= 4 is 23.5 Å². The molecular formula is C20H21NO8. The zero-order chi connectivity index (χ0) is 21.4. The van der Waals surface area contributed by atoms with Gasteiger partial charge in [0.15, 0.2) is 18.1 Å². The topological polar surface area (TPSA) is 109 Å². The number of amides is 1. The molecule has 0 unspecified atom stereocenters. The summed E-state index contributed by atoms with van der Waals surface area (Å²) in [6, 6.07) is 9.11. The van der Waals surface area contributed by atoms with E-state index in [-0.39, 0.29) is 29.2 Å². The highest BCUT2D eigenvalue weighted by atomic mass is 16.5. The Hall–Kier alpha value is -3.75. The van der Waals surface area contributed by atoms with Crippen molar-refractivity contribution in [3.05, 3.63) is 47.5 Å². The van der Waals surface area contributed by atoms with Gasteiger partial charge in [0, 0.05) is 5.69 Å². The van der Waals surface area contributed by atoms with Gasteiger partial charge in [0.2, 0.25) is 5.75 Å². The number of esters is 2. The molecule has 0 spiro atoms. The Morgan fingerprint density at radius 1 is 0.828 bits per heavy atom. The predicted octanol–water partition coefficient (Wildman–Crippen LogP) is 2.29. The fourth-order valence-corrected chi connectivity index (χ4v) is 2.47. The number of hydrogen-bond donors (Lipinski definition) is 1. The Bertz CT molecular complexity index is 853. The molecule has 0 aliphatic carbocycles. The molecule has 9 nitrogen and oxygen atoms in total. The molecule has 0 saturated heterocycles. The molecule has 0 saturated carbocycles. The maximum Gasteiger partial charge on any atom is 0.337 e. The van der Waals surface area contributed by atoms with Gasteiger partial charge in [-0.2, -0.15) is 0 Å². The van der Waals surface area contributed by atoms with Gasteiger partial charge < -0.3 is 29.0 Å². The van der Waals surface area contributed by atoms with Gasteiger partial charge in [-0.15, -0.1) is 0 Å². The SMILES string of the molecule is COC(=O)c1cc(NC(=O)COc2c(OC)cccc2OC)cc(C(=O)OC)c1. The van der Waals surface area contributed by atoms with Crippen LogP contribution in [0.15, 0.2) is 36.4 Å². The molecule has 2 aromatic rings. The largest absolute Gasteiger partial charge is 0.493 e. The number of benzene rings is 2. The number of rotatable bonds is 8. The van der Waals surface area contributed by atoms with Crippen molar-refractivity contribution in [3.63, 3.8) is 0 Å². The van der Waals surface area contributed by atoms with Crippen LogP contribution >= 0.6 is 0 Å². The van der Waals surface area contributed by atoms with Crippen LogP contribution < -0.4 is 19.5 Å². The van der Waals surface area contributed by atoms with Crippen LogP contribution in [-0.4, -0.2) is 52.9 Å². The summed E-state index contributed by atoms with van der Waals surface area (Å²) in [6.45, 7) is -0.368. The monoisotopic (exact) mass is 403 g/mol. The van der Waals surface area contributed by atoms with Crippen LogP contribution in [0.2, 0.25) is 0 Å². The van der Waals surface area contributed by atoms with Crippen molar-refractivity contribution in [2.45, 2.75) is 0 Å². The second-order valence-corrected chi connectivity index (χ2v) is 5.61. The lowest BCUT2D eigenvalue weighted by Gasteiger charge is -2.14. The van der Waals surface area contributed by atoms with Crippen LogP contribution in [-0.2, 0) is 14.3 Å². The van der Waals surface area contributed by atoms with E-state index in [2.05, 4.69) is 14.8 Å². The van der Waals surface area contributed by atoms with Gasteiger partial charge in [-0.05, 0) is 30.3 Å². The van der Waals surface area contributed by atoms with Crippen molar-refractivity contribution in [2.24, 2.45) is 0 Å². The summed E-state index contributed by atoms with van der Waals surface area (Å²) in [7, 11) is 5.35. The summed E-state index contributed by atoms with van der Waals surface area (Å²) < 4.78 is 25.3. The predicted molar refractivity (Wildman–Crippen MR) is 103 cm³/mol. The number of nitrogens with one attached hydrogen (secondary N) is 1. The van der Waals surface area contributed by atoms with Crippen molar-refractivity contribution in [1.29, 1.82) is 0 Å². The van der Waals surface area contributed by atoms with Crippen molar-refractivity contribution in [3.8, 4) is 17.2 Å². The fraction of sp³-hybridized carbons (Fsp3) is 0.250. The first-order chi connectivity index (χ1) is 13.9. The van der Waals surface area contributed by atoms with Crippen LogP contribution in [0, 0.1) is 0 Å². The lowest BCUT2D eigenvalue weighted by atomic mass is 10.1. The summed E-state index contributed by atoms with van der Waals surface area (Å²) in [6.07, 6.45) is 0. The zero-order valence-electron chi connectivity index (χ0n) is 16.4. The van der Waals surface area contributed by atoms with Gasteiger partial charge >= 0.3 is 11.9 Å². The molecule has 0 radical (unpaired) electrons. The third kappa shape index (κ3) is 5.38. The summed E-state index contributed by atoms with van der Waals surface area (Å²) in [5, 5.41) is 2.56. The normalized spacial score (nSPS) is 9.93. The van der Waals surface area contributed by atoms with Crippen LogP contribution in [0.4, 0.5) is 5.69 Å². The molecule has 0 atom stereocenters. The zero-order valence-corrected chi connectivity index (χ0v) is 16.4. The Balaban J connectivity index is 2.18. The third-order valence-electron chi connectivity index (χ3n) is 3.79. The molecule has 2 rings (SSSR count). The number of para-hydroxylation sites is 1. The lowest BCUT2D eigenvalue weighted by Crippen LogP contribution is -2.21. The molecule has 0 fully saturated rings. The molecule has 9 heteroatoms. The quantitative estimate of drug-likeness (QED) is 0.669. The highest BCUT2D eigenvalue weighted by Crippen LogP contribution is 2.36. The molecular weight excluding hydrogens is 382 g/mol.